The number of aromatic nitrogens is 2. The first-order valence-electron chi connectivity index (χ1n) is 5.12. The Bertz CT molecular complexity index is 494. The number of nitrogens with zero attached hydrogens (tertiary/aromatic N) is 2. The molecule has 0 saturated carbocycles. The Balaban J connectivity index is 2.32. The maximum atomic E-state index is 4.35. The van der Waals surface area contributed by atoms with Crippen LogP contribution >= 0.6 is 43.6 Å². The van der Waals surface area contributed by atoms with Gasteiger partial charge < -0.3 is 0 Å². The predicted molar refractivity (Wildman–Crippen MR) is 79.3 cm³/mol. The molecule has 0 aliphatic rings. The van der Waals surface area contributed by atoms with Crippen LogP contribution in [0.15, 0.2) is 44.4 Å². The number of thioether (sulfide) groups is 1. The minimum Gasteiger partial charge on any atom is -0.221 e. The van der Waals surface area contributed by atoms with Crippen LogP contribution in [-0.4, -0.2) is 15.7 Å². The molecule has 0 saturated heterocycles. The van der Waals surface area contributed by atoms with E-state index in [1.807, 2.05) is 30.0 Å². The Morgan fingerprint density at radius 3 is 2.18 bits per heavy atom. The Kier molecular flexibility index (Phi) is 4.59. The lowest BCUT2D eigenvalue weighted by atomic mass is 10.2. The van der Waals surface area contributed by atoms with Crippen LogP contribution in [0.1, 0.15) is 6.92 Å². The zero-order valence-corrected chi connectivity index (χ0v) is 13.1. The molecule has 5 heteroatoms. The first-order chi connectivity index (χ1) is 8.19. The molecule has 0 aliphatic heterocycles. The van der Waals surface area contributed by atoms with Crippen LogP contribution in [0.4, 0.5) is 0 Å². The van der Waals surface area contributed by atoms with Crippen LogP contribution in [0.2, 0.25) is 0 Å². The Labute approximate surface area is 122 Å². The minimum atomic E-state index is 0.722. The summed E-state index contributed by atoms with van der Waals surface area (Å²) in [4.78, 5) is 9.97. The number of rotatable bonds is 3. The number of hydrogen-bond donors (Lipinski definition) is 0. The molecule has 0 unspecified atom stereocenters. The van der Waals surface area contributed by atoms with Crippen LogP contribution in [0.5, 0.6) is 0 Å². The van der Waals surface area contributed by atoms with Crippen LogP contribution in [0.25, 0.3) is 11.4 Å². The third-order valence-electron chi connectivity index (χ3n) is 2.09. The van der Waals surface area contributed by atoms with E-state index in [-0.39, 0.29) is 0 Å². The van der Waals surface area contributed by atoms with Gasteiger partial charge >= 0.3 is 0 Å². The summed E-state index contributed by atoms with van der Waals surface area (Å²) in [5.41, 5.74) is 1.02. The summed E-state index contributed by atoms with van der Waals surface area (Å²) in [5, 5.41) is 0. The lowest BCUT2D eigenvalue weighted by molar-refractivity contribution is 1.12. The lowest BCUT2D eigenvalue weighted by Gasteiger charge is -2.03. The quantitative estimate of drug-likeness (QED) is 0.571. The van der Waals surface area contributed by atoms with Crippen LogP contribution < -0.4 is 0 Å². The highest BCUT2D eigenvalue weighted by molar-refractivity contribution is 9.11. The second-order valence-corrected chi connectivity index (χ2v) is 6.26. The van der Waals surface area contributed by atoms with Crippen molar-refractivity contribution in [2.45, 2.75) is 11.8 Å². The predicted octanol–water partition coefficient (Wildman–Crippen LogP) is 4.78. The molecule has 1 aromatic carbocycles. The zero-order valence-electron chi connectivity index (χ0n) is 9.15. The normalized spacial score (nSPS) is 10.5. The van der Waals surface area contributed by atoms with Gasteiger partial charge in [0.25, 0.3) is 0 Å². The number of halogens is 2. The highest BCUT2D eigenvalue weighted by Gasteiger charge is 2.04. The second kappa shape index (κ2) is 5.98. The monoisotopic (exact) mass is 372 g/mol. The van der Waals surface area contributed by atoms with Gasteiger partial charge in [0.1, 0.15) is 9.21 Å². The van der Waals surface area contributed by atoms with Crippen molar-refractivity contribution in [2.75, 3.05) is 5.75 Å². The van der Waals surface area contributed by atoms with Crippen LogP contribution in [-0.2, 0) is 0 Å². The van der Waals surface area contributed by atoms with Crippen molar-refractivity contribution in [3.8, 4) is 11.4 Å². The van der Waals surface area contributed by atoms with E-state index in [4.69, 9.17) is 0 Å². The van der Waals surface area contributed by atoms with Crippen molar-refractivity contribution in [1.82, 2.24) is 9.97 Å². The molecule has 2 rings (SSSR count). The van der Waals surface area contributed by atoms with Gasteiger partial charge in [0.15, 0.2) is 5.82 Å². The van der Waals surface area contributed by atoms with Gasteiger partial charge in [-0.15, -0.1) is 11.8 Å². The van der Waals surface area contributed by atoms with E-state index >= 15 is 0 Å². The standard InChI is InChI=1S/C12H10Br2N2S/c1-2-17-9-5-3-8(4-6-9)12-15-10(13)7-11(14)16-12/h3-7H,2H2,1H3. The van der Waals surface area contributed by atoms with Gasteiger partial charge in [-0.3, -0.25) is 0 Å². The van der Waals surface area contributed by atoms with Gasteiger partial charge in [0.05, 0.1) is 0 Å². The molecule has 2 nitrogen and oxygen atoms in total. The van der Waals surface area contributed by atoms with Crippen molar-refractivity contribution >= 4 is 43.6 Å². The summed E-state index contributed by atoms with van der Waals surface area (Å²) in [6.45, 7) is 2.15. The van der Waals surface area contributed by atoms with Crippen molar-refractivity contribution in [3.05, 3.63) is 39.5 Å². The van der Waals surface area contributed by atoms with Gasteiger partial charge in [-0.1, -0.05) is 19.1 Å². The Morgan fingerprint density at radius 2 is 1.65 bits per heavy atom. The molecule has 2 aromatic rings. The third-order valence-corrected chi connectivity index (χ3v) is 3.79. The molecule has 17 heavy (non-hydrogen) atoms. The molecule has 88 valence electrons. The first-order valence-corrected chi connectivity index (χ1v) is 7.69. The average Bonchev–Trinajstić information content (AvgIpc) is 2.29. The van der Waals surface area contributed by atoms with Crippen molar-refractivity contribution < 1.29 is 0 Å². The van der Waals surface area contributed by atoms with Gasteiger partial charge in [0.2, 0.25) is 0 Å². The fourth-order valence-corrected chi connectivity index (χ4v) is 3.12. The highest BCUT2D eigenvalue weighted by Crippen LogP contribution is 2.24. The van der Waals surface area contributed by atoms with Crippen LogP contribution in [0.3, 0.4) is 0 Å². The van der Waals surface area contributed by atoms with Crippen molar-refractivity contribution in [2.24, 2.45) is 0 Å². The Morgan fingerprint density at radius 1 is 1.06 bits per heavy atom. The molecular weight excluding hydrogens is 364 g/mol. The highest BCUT2D eigenvalue weighted by atomic mass is 79.9. The van der Waals surface area contributed by atoms with Gasteiger partial charge in [-0.05, 0) is 49.7 Å². The van der Waals surface area contributed by atoms with E-state index < -0.39 is 0 Å². The summed E-state index contributed by atoms with van der Waals surface area (Å²) < 4.78 is 1.56. The van der Waals surface area contributed by atoms with E-state index in [0.717, 1.165) is 26.3 Å². The number of hydrogen-bond acceptors (Lipinski definition) is 3. The molecule has 0 amide bonds. The summed E-state index contributed by atoms with van der Waals surface area (Å²) in [5.74, 6) is 1.80. The fraction of sp³-hybridized carbons (Fsp3) is 0.167. The van der Waals surface area contributed by atoms with E-state index in [0.29, 0.717) is 0 Å². The molecule has 0 aliphatic carbocycles. The van der Waals surface area contributed by atoms with E-state index in [1.165, 1.54) is 4.90 Å². The summed E-state index contributed by atoms with van der Waals surface area (Å²) in [6, 6.07) is 10.1. The van der Waals surface area contributed by atoms with Crippen molar-refractivity contribution in [3.63, 3.8) is 0 Å². The van der Waals surface area contributed by atoms with Crippen molar-refractivity contribution in [1.29, 1.82) is 0 Å². The molecule has 0 bridgehead atoms. The molecule has 0 fully saturated rings. The van der Waals surface area contributed by atoms with E-state index in [2.05, 4.69) is 60.9 Å². The second-order valence-electron chi connectivity index (χ2n) is 3.29. The topological polar surface area (TPSA) is 25.8 Å². The molecule has 1 heterocycles. The zero-order chi connectivity index (χ0) is 12.3. The SMILES string of the molecule is CCSc1ccc(-c2nc(Br)cc(Br)n2)cc1. The fourth-order valence-electron chi connectivity index (χ4n) is 1.39. The van der Waals surface area contributed by atoms with Crippen LogP contribution in [0, 0.1) is 0 Å². The van der Waals surface area contributed by atoms with Gasteiger partial charge in [-0.25, -0.2) is 9.97 Å². The summed E-state index contributed by atoms with van der Waals surface area (Å²) in [6.07, 6.45) is 0. The molecule has 0 spiro atoms. The molecular formula is C12H10Br2N2S. The summed E-state index contributed by atoms with van der Waals surface area (Å²) >= 11 is 8.55. The molecule has 1 aromatic heterocycles. The average molecular weight is 374 g/mol. The molecule has 0 radical (unpaired) electrons. The largest absolute Gasteiger partial charge is 0.221 e. The summed E-state index contributed by atoms with van der Waals surface area (Å²) in [7, 11) is 0. The van der Waals surface area contributed by atoms with E-state index in [9.17, 15) is 0 Å². The van der Waals surface area contributed by atoms with Gasteiger partial charge in [0, 0.05) is 16.5 Å². The Hall–Kier alpha value is -0.390. The minimum absolute atomic E-state index is 0.722. The smallest absolute Gasteiger partial charge is 0.161 e. The van der Waals surface area contributed by atoms with E-state index in [1.54, 1.807) is 0 Å². The lowest BCUT2D eigenvalue weighted by Crippen LogP contribution is -1.90. The number of benzene rings is 1. The maximum Gasteiger partial charge on any atom is 0.161 e. The molecule has 0 N–H and O–H groups in total. The molecule has 0 atom stereocenters. The first kappa shape index (κ1) is 13.1. The third kappa shape index (κ3) is 3.53. The van der Waals surface area contributed by atoms with Gasteiger partial charge in [-0.2, -0.15) is 0 Å². The maximum absolute atomic E-state index is 4.35.